The maximum Gasteiger partial charge on any atom is 0.137 e. The van der Waals surface area contributed by atoms with Gasteiger partial charge in [-0.25, -0.2) is 4.98 Å². The summed E-state index contributed by atoms with van der Waals surface area (Å²) < 4.78 is 2.67. The summed E-state index contributed by atoms with van der Waals surface area (Å²) in [6.07, 6.45) is 1.17. The van der Waals surface area contributed by atoms with E-state index in [0.29, 0.717) is 5.82 Å². The second kappa shape index (κ2) is 2.72. The highest BCUT2D eigenvalue weighted by Crippen LogP contribution is 2.15. The van der Waals surface area contributed by atoms with Gasteiger partial charge in [-0.2, -0.15) is 0 Å². The fraction of sp³-hybridized carbons (Fsp3) is 0.500. The first kappa shape index (κ1) is 7.75. The van der Waals surface area contributed by atoms with Gasteiger partial charge in [-0.15, -0.1) is 0 Å². The zero-order valence-corrected chi connectivity index (χ0v) is 7.46. The minimum absolute atomic E-state index is 0.503. The number of hydrogen-bond donors (Lipinski definition) is 1. The highest BCUT2D eigenvalue weighted by atomic mass is 79.9. The molecule has 1 aromatic rings. The van der Waals surface area contributed by atoms with Crippen molar-refractivity contribution in [2.75, 3.05) is 0 Å². The van der Waals surface area contributed by atoms with Crippen molar-refractivity contribution in [2.24, 2.45) is 7.05 Å². The number of aliphatic hydroxyl groups is 1. The van der Waals surface area contributed by atoms with E-state index in [-0.39, 0.29) is 0 Å². The molecule has 4 heteroatoms. The minimum Gasteiger partial charge on any atom is -0.385 e. The Hall–Kier alpha value is -0.350. The summed E-state index contributed by atoms with van der Waals surface area (Å²) in [6.45, 7) is 1.69. The van der Waals surface area contributed by atoms with Crippen molar-refractivity contribution in [3.05, 3.63) is 16.6 Å². The maximum absolute atomic E-state index is 9.11. The summed E-state index contributed by atoms with van der Waals surface area (Å²) in [6, 6.07) is 0. The summed E-state index contributed by atoms with van der Waals surface area (Å²) in [5.41, 5.74) is 0. The fourth-order valence-corrected chi connectivity index (χ4v) is 1.07. The molecule has 0 fully saturated rings. The van der Waals surface area contributed by atoms with E-state index in [1.165, 1.54) is 0 Å². The zero-order chi connectivity index (χ0) is 7.72. The first-order chi connectivity index (χ1) is 4.63. The molecule has 1 heterocycles. The second-order valence-corrected chi connectivity index (χ2v) is 2.99. The molecule has 0 spiro atoms. The number of aliphatic hydroxyl groups excluding tert-OH is 1. The Morgan fingerprint density at radius 3 is 2.60 bits per heavy atom. The topological polar surface area (TPSA) is 38.1 Å². The van der Waals surface area contributed by atoms with E-state index in [2.05, 4.69) is 20.9 Å². The van der Waals surface area contributed by atoms with Gasteiger partial charge in [-0.3, -0.25) is 0 Å². The highest BCUT2D eigenvalue weighted by molar-refractivity contribution is 9.10. The van der Waals surface area contributed by atoms with Gasteiger partial charge in [-0.05, 0) is 22.9 Å². The molecule has 0 saturated carbocycles. The smallest absolute Gasteiger partial charge is 0.137 e. The van der Waals surface area contributed by atoms with Crippen molar-refractivity contribution in [2.45, 2.75) is 13.0 Å². The van der Waals surface area contributed by atoms with Crippen molar-refractivity contribution in [3.63, 3.8) is 0 Å². The summed E-state index contributed by atoms with van der Waals surface area (Å²) in [7, 11) is 1.85. The molecule has 0 aliphatic heterocycles. The molecule has 10 heavy (non-hydrogen) atoms. The number of rotatable bonds is 1. The highest BCUT2D eigenvalue weighted by Gasteiger charge is 2.07. The van der Waals surface area contributed by atoms with Gasteiger partial charge in [0.15, 0.2) is 0 Å². The second-order valence-electron chi connectivity index (χ2n) is 2.17. The maximum atomic E-state index is 9.11. The molecule has 0 amide bonds. The lowest BCUT2D eigenvalue weighted by Gasteiger charge is -2.03. The van der Waals surface area contributed by atoms with E-state index < -0.39 is 6.10 Å². The molecule has 0 aliphatic carbocycles. The van der Waals surface area contributed by atoms with Crippen molar-refractivity contribution < 1.29 is 5.11 Å². The summed E-state index contributed by atoms with van der Waals surface area (Å²) in [5, 5.41) is 9.11. The molecule has 1 aromatic heterocycles. The molecule has 0 aliphatic rings. The van der Waals surface area contributed by atoms with Crippen molar-refractivity contribution in [3.8, 4) is 0 Å². The van der Waals surface area contributed by atoms with Crippen LogP contribution in [0.1, 0.15) is 18.9 Å². The van der Waals surface area contributed by atoms with E-state index in [1.54, 1.807) is 17.7 Å². The van der Waals surface area contributed by atoms with Crippen LogP contribution in [0.15, 0.2) is 10.8 Å². The first-order valence-electron chi connectivity index (χ1n) is 2.98. The molecule has 0 aromatic carbocycles. The molecule has 0 radical (unpaired) electrons. The Labute approximate surface area is 67.8 Å². The quantitative estimate of drug-likeness (QED) is 0.748. The van der Waals surface area contributed by atoms with Crippen LogP contribution in [0.3, 0.4) is 0 Å². The van der Waals surface area contributed by atoms with Crippen molar-refractivity contribution in [1.29, 1.82) is 0 Å². The van der Waals surface area contributed by atoms with Crippen LogP contribution in [0.25, 0.3) is 0 Å². The SMILES string of the molecule is CC(O)c1ncc(Br)n1C. The van der Waals surface area contributed by atoms with Gasteiger partial charge in [0.2, 0.25) is 0 Å². The molecular formula is C6H9BrN2O. The van der Waals surface area contributed by atoms with Crippen LogP contribution in [0.4, 0.5) is 0 Å². The van der Waals surface area contributed by atoms with E-state index in [0.717, 1.165) is 4.60 Å². The largest absolute Gasteiger partial charge is 0.385 e. The van der Waals surface area contributed by atoms with Gasteiger partial charge >= 0.3 is 0 Å². The molecule has 1 N–H and O–H groups in total. The Balaban J connectivity index is 3.05. The normalized spacial score (nSPS) is 13.6. The molecule has 1 rings (SSSR count). The van der Waals surface area contributed by atoms with Crippen LogP contribution in [-0.4, -0.2) is 14.7 Å². The lowest BCUT2D eigenvalue weighted by molar-refractivity contribution is 0.185. The predicted octanol–water partition coefficient (Wildman–Crippen LogP) is 1.24. The Kier molecular flexibility index (Phi) is 2.11. The van der Waals surface area contributed by atoms with E-state index in [9.17, 15) is 0 Å². The molecule has 56 valence electrons. The number of imidazole rings is 1. The number of halogens is 1. The van der Waals surface area contributed by atoms with Crippen molar-refractivity contribution >= 4 is 15.9 Å². The van der Waals surface area contributed by atoms with E-state index in [1.807, 2.05) is 7.05 Å². The van der Waals surface area contributed by atoms with Crippen LogP contribution in [0.5, 0.6) is 0 Å². The van der Waals surface area contributed by atoms with Crippen molar-refractivity contribution in [1.82, 2.24) is 9.55 Å². The standard InChI is InChI=1S/C6H9BrN2O/c1-4(10)6-8-3-5(7)9(6)2/h3-4,10H,1-2H3. The average molecular weight is 205 g/mol. The molecule has 1 unspecified atom stereocenters. The molecule has 0 bridgehead atoms. The fourth-order valence-electron chi connectivity index (χ4n) is 0.790. The van der Waals surface area contributed by atoms with E-state index in [4.69, 9.17) is 5.11 Å². The lowest BCUT2D eigenvalue weighted by atomic mass is 10.4. The summed E-state index contributed by atoms with van der Waals surface area (Å²) in [4.78, 5) is 3.98. The summed E-state index contributed by atoms with van der Waals surface area (Å²) in [5.74, 6) is 0.673. The molecule has 1 atom stereocenters. The minimum atomic E-state index is -0.503. The van der Waals surface area contributed by atoms with Crippen LogP contribution in [-0.2, 0) is 7.05 Å². The number of hydrogen-bond acceptors (Lipinski definition) is 2. The Morgan fingerprint density at radius 2 is 2.40 bits per heavy atom. The van der Waals surface area contributed by atoms with Gasteiger partial charge in [0.25, 0.3) is 0 Å². The summed E-state index contributed by atoms with van der Waals surface area (Å²) >= 11 is 3.27. The first-order valence-corrected chi connectivity index (χ1v) is 3.77. The average Bonchev–Trinajstić information content (AvgIpc) is 2.14. The third kappa shape index (κ3) is 1.22. The van der Waals surface area contributed by atoms with Crippen LogP contribution in [0.2, 0.25) is 0 Å². The van der Waals surface area contributed by atoms with Crippen LogP contribution < -0.4 is 0 Å². The van der Waals surface area contributed by atoms with Crippen LogP contribution in [0, 0.1) is 0 Å². The molecule has 0 saturated heterocycles. The van der Waals surface area contributed by atoms with Gasteiger partial charge in [0, 0.05) is 7.05 Å². The third-order valence-electron chi connectivity index (χ3n) is 1.34. The van der Waals surface area contributed by atoms with Gasteiger partial charge in [0.1, 0.15) is 16.5 Å². The Bertz CT molecular complexity index is 232. The third-order valence-corrected chi connectivity index (χ3v) is 2.08. The van der Waals surface area contributed by atoms with Crippen LogP contribution >= 0.6 is 15.9 Å². The van der Waals surface area contributed by atoms with Gasteiger partial charge in [0.05, 0.1) is 6.20 Å². The zero-order valence-electron chi connectivity index (χ0n) is 5.87. The molecule has 3 nitrogen and oxygen atoms in total. The Morgan fingerprint density at radius 1 is 1.80 bits per heavy atom. The lowest BCUT2D eigenvalue weighted by Crippen LogP contribution is -2.01. The molecular weight excluding hydrogens is 196 g/mol. The predicted molar refractivity (Wildman–Crippen MR) is 41.5 cm³/mol. The number of nitrogens with zero attached hydrogens (tertiary/aromatic N) is 2. The number of aromatic nitrogens is 2. The monoisotopic (exact) mass is 204 g/mol. The van der Waals surface area contributed by atoms with E-state index >= 15 is 0 Å². The van der Waals surface area contributed by atoms with Gasteiger partial charge in [-0.1, -0.05) is 0 Å². The van der Waals surface area contributed by atoms with Gasteiger partial charge < -0.3 is 9.67 Å².